The Balaban J connectivity index is -0.000000175. The van der Waals surface area contributed by atoms with Crippen molar-refractivity contribution in [2.24, 2.45) is 17.4 Å². The summed E-state index contributed by atoms with van der Waals surface area (Å²) in [6, 6.07) is 0. The van der Waals surface area contributed by atoms with E-state index in [-0.39, 0.29) is 0 Å². The molecule has 0 fully saturated rings. The van der Waals surface area contributed by atoms with Gasteiger partial charge >= 0.3 is 0 Å². The van der Waals surface area contributed by atoms with Crippen LogP contribution in [0.25, 0.3) is 0 Å². The van der Waals surface area contributed by atoms with Crippen molar-refractivity contribution in [2.45, 2.75) is 47.0 Å². The van der Waals surface area contributed by atoms with Gasteiger partial charge in [0.1, 0.15) is 0 Å². The monoisotopic (exact) mass is 176 g/mol. The van der Waals surface area contributed by atoms with Gasteiger partial charge in [0, 0.05) is 0 Å². The summed E-state index contributed by atoms with van der Waals surface area (Å²) in [5.41, 5.74) is 9.81. The van der Waals surface area contributed by atoms with Crippen LogP contribution in [0.4, 0.5) is 0 Å². The van der Waals surface area contributed by atoms with Gasteiger partial charge in [-0.3, -0.25) is 0 Å². The van der Waals surface area contributed by atoms with E-state index < -0.39 is 0 Å². The van der Waals surface area contributed by atoms with Crippen molar-refractivity contribution in [1.29, 1.82) is 0 Å². The predicted molar refractivity (Wildman–Crippen MR) is 59.2 cm³/mol. The van der Waals surface area contributed by atoms with Gasteiger partial charge in [-0.15, -0.1) is 0 Å². The average Bonchev–Trinajstić information content (AvgIpc) is 2.12. The SMILES string of the molecule is CC.CC(C)CCCCN.CN. The van der Waals surface area contributed by atoms with Crippen molar-refractivity contribution < 1.29 is 0 Å². The third-order valence-electron chi connectivity index (χ3n) is 1.24. The van der Waals surface area contributed by atoms with Gasteiger partial charge in [-0.2, -0.15) is 0 Å². The highest BCUT2D eigenvalue weighted by molar-refractivity contribution is 4.45. The van der Waals surface area contributed by atoms with E-state index in [1.807, 2.05) is 13.8 Å². The zero-order valence-corrected chi connectivity index (χ0v) is 9.56. The van der Waals surface area contributed by atoms with Gasteiger partial charge in [0.05, 0.1) is 0 Å². The highest BCUT2D eigenvalue weighted by Crippen LogP contribution is 2.04. The Labute approximate surface area is 78.7 Å². The van der Waals surface area contributed by atoms with E-state index >= 15 is 0 Å². The van der Waals surface area contributed by atoms with Gasteiger partial charge < -0.3 is 11.5 Å². The fourth-order valence-corrected chi connectivity index (χ4v) is 0.697. The highest BCUT2D eigenvalue weighted by atomic mass is 14.5. The van der Waals surface area contributed by atoms with E-state index in [1.54, 1.807) is 0 Å². The molecule has 0 saturated heterocycles. The van der Waals surface area contributed by atoms with Crippen molar-refractivity contribution in [3.8, 4) is 0 Å². The average molecular weight is 176 g/mol. The van der Waals surface area contributed by atoms with Crippen LogP contribution in [-0.4, -0.2) is 13.6 Å². The van der Waals surface area contributed by atoms with Crippen LogP contribution in [0, 0.1) is 5.92 Å². The van der Waals surface area contributed by atoms with Gasteiger partial charge in [-0.25, -0.2) is 0 Å². The number of nitrogens with two attached hydrogens (primary N) is 2. The van der Waals surface area contributed by atoms with Crippen LogP contribution >= 0.6 is 0 Å². The Bertz CT molecular complexity index is 45.1. The first-order chi connectivity index (χ1) is 5.77. The van der Waals surface area contributed by atoms with Crippen molar-refractivity contribution in [3.63, 3.8) is 0 Å². The lowest BCUT2D eigenvalue weighted by Gasteiger charge is -2.00. The molecule has 2 nitrogen and oxygen atoms in total. The van der Waals surface area contributed by atoms with E-state index in [0.717, 1.165) is 12.5 Å². The Morgan fingerprint density at radius 3 is 1.67 bits per heavy atom. The summed E-state index contributed by atoms with van der Waals surface area (Å²) in [4.78, 5) is 0. The molecule has 12 heavy (non-hydrogen) atoms. The van der Waals surface area contributed by atoms with E-state index in [2.05, 4.69) is 19.6 Å². The maximum Gasteiger partial charge on any atom is -0.00773 e. The van der Waals surface area contributed by atoms with E-state index in [9.17, 15) is 0 Å². The number of rotatable bonds is 4. The Morgan fingerprint density at radius 2 is 1.42 bits per heavy atom. The highest BCUT2D eigenvalue weighted by Gasteiger charge is 1.90. The standard InChI is InChI=1S/C7H17N.C2H6.CH5N/c1-7(2)5-3-4-6-8;2*1-2/h7H,3-6,8H2,1-2H3;1-2H3;2H2,1H3. The van der Waals surface area contributed by atoms with Crippen molar-refractivity contribution in [1.82, 2.24) is 0 Å². The van der Waals surface area contributed by atoms with Crippen LogP contribution in [0.3, 0.4) is 0 Å². The number of unbranched alkanes of at least 4 members (excludes halogenated alkanes) is 1. The van der Waals surface area contributed by atoms with Gasteiger partial charge in [0.15, 0.2) is 0 Å². The molecule has 0 rings (SSSR count). The smallest absolute Gasteiger partial charge is 0.00773 e. The fraction of sp³-hybridized carbons (Fsp3) is 1.00. The molecule has 0 radical (unpaired) electrons. The lowest BCUT2D eigenvalue weighted by atomic mass is 10.1. The minimum absolute atomic E-state index is 0.849. The number of hydrogen-bond donors (Lipinski definition) is 2. The van der Waals surface area contributed by atoms with Crippen LogP contribution in [0.2, 0.25) is 0 Å². The quantitative estimate of drug-likeness (QED) is 0.646. The molecule has 0 amide bonds. The molecule has 0 aliphatic heterocycles. The normalized spacial score (nSPS) is 8.00. The molecule has 0 saturated carbocycles. The van der Waals surface area contributed by atoms with E-state index in [4.69, 9.17) is 5.73 Å². The Morgan fingerprint density at radius 1 is 1.00 bits per heavy atom. The molecule has 0 atom stereocenters. The molecule has 0 aromatic rings. The summed E-state index contributed by atoms with van der Waals surface area (Å²) < 4.78 is 0. The fourth-order valence-electron chi connectivity index (χ4n) is 0.697. The molecule has 0 bridgehead atoms. The lowest BCUT2D eigenvalue weighted by molar-refractivity contribution is 0.541. The molecule has 4 N–H and O–H groups in total. The van der Waals surface area contributed by atoms with Crippen LogP contribution in [0.15, 0.2) is 0 Å². The zero-order valence-electron chi connectivity index (χ0n) is 9.56. The van der Waals surface area contributed by atoms with Crippen LogP contribution < -0.4 is 11.5 Å². The molecule has 0 aromatic heterocycles. The molecule has 0 aromatic carbocycles. The third kappa shape index (κ3) is 32.6. The van der Waals surface area contributed by atoms with Gasteiger partial charge in [-0.05, 0) is 25.9 Å². The van der Waals surface area contributed by atoms with Gasteiger partial charge in [-0.1, -0.05) is 40.5 Å². The van der Waals surface area contributed by atoms with Crippen LogP contribution in [0.5, 0.6) is 0 Å². The molecular weight excluding hydrogens is 148 g/mol. The second kappa shape index (κ2) is 22.4. The maximum absolute atomic E-state index is 5.31. The molecule has 0 aliphatic carbocycles. The Kier molecular flexibility index (Phi) is 33.4. The second-order valence-electron chi connectivity index (χ2n) is 2.68. The molecular formula is C10H28N2. The molecule has 0 aliphatic rings. The maximum atomic E-state index is 5.31. The molecule has 2 heteroatoms. The topological polar surface area (TPSA) is 52.0 Å². The molecule has 0 heterocycles. The lowest BCUT2D eigenvalue weighted by Crippen LogP contribution is -1.98. The molecule has 0 spiro atoms. The third-order valence-corrected chi connectivity index (χ3v) is 1.24. The van der Waals surface area contributed by atoms with E-state index in [0.29, 0.717) is 0 Å². The van der Waals surface area contributed by atoms with Crippen molar-refractivity contribution in [2.75, 3.05) is 13.6 Å². The molecule has 0 unspecified atom stereocenters. The minimum atomic E-state index is 0.849. The van der Waals surface area contributed by atoms with Crippen LogP contribution in [-0.2, 0) is 0 Å². The van der Waals surface area contributed by atoms with Crippen molar-refractivity contribution >= 4 is 0 Å². The first kappa shape index (κ1) is 17.9. The second-order valence-corrected chi connectivity index (χ2v) is 2.68. The first-order valence-electron chi connectivity index (χ1n) is 5.05. The summed E-state index contributed by atoms with van der Waals surface area (Å²) in [6.07, 6.45) is 3.82. The van der Waals surface area contributed by atoms with E-state index in [1.165, 1.54) is 26.3 Å². The summed E-state index contributed by atoms with van der Waals surface area (Å²) in [5.74, 6) is 0.849. The predicted octanol–water partition coefficient (Wildman–Crippen LogP) is 2.37. The summed E-state index contributed by atoms with van der Waals surface area (Å²) >= 11 is 0. The van der Waals surface area contributed by atoms with Gasteiger partial charge in [0.25, 0.3) is 0 Å². The van der Waals surface area contributed by atoms with Gasteiger partial charge in [0.2, 0.25) is 0 Å². The van der Waals surface area contributed by atoms with Crippen molar-refractivity contribution in [3.05, 3.63) is 0 Å². The summed E-state index contributed by atoms with van der Waals surface area (Å²) in [7, 11) is 1.50. The zero-order chi connectivity index (χ0) is 10.4. The Hall–Kier alpha value is -0.0800. The molecule has 78 valence electrons. The minimum Gasteiger partial charge on any atom is -0.333 e. The van der Waals surface area contributed by atoms with Crippen LogP contribution in [0.1, 0.15) is 47.0 Å². The summed E-state index contributed by atoms with van der Waals surface area (Å²) in [6.45, 7) is 9.35. The number of hydrogen-bond acceptors (Lipinski definition) is 2. The first-order valence-corrected chi connectivity index (χ1v) is 5.05. The summed E-state index contributed by atoms with van der Waals surface area (Å²) in [5, 5.41) is 0. The largest absolute Gasteiger partial charge is 0.333 e.